The van der Waals surface area contributed by atoms with Gasteiger partial charge in [0.2, 0.25) is 0 Å². The van der Waals surface area contributed by atoms with Gasteiger partial charge in [-0.1, -0.05) is 0 Å². The van der Waals surface area contributed by atoms with Gasteiger partial charge in [-0.15, -0.1) is 0 Å². The number of carbonyl (C=O) groups excluding carboxylic acids is 2. The van der Waals surface area contributed by atoms with Gasteiger partial charge in [0.05, 0.1) is 17.9 Å². The van der Waals surface area contributed by atoms with Gasteiger partial charge in [-0.05, 0) is 25.1 Å². The molecule has 92 valence electrons. The largest absolute Gasteiger partial charge is 0.463 e. The average molecular weight is 241 g/mol. The van der Waals surface area contributed by atoms with Crippen LogP contribution in [-0.2, 0) is 14.3 Å². The van der Waals surface area contributed by atoms with Gasteiger partial charge in [-0.25, -0.2) is 14.0 Å². The van der Waals surface area contributed by atoms with Gasteiger partial charge in [-0.2, -0.15) is 0 Å². The summed E-state index contributed by atoms with van der Waals surface area (Å²) >= 11 is 0. The van der Waals surface area contributed by atoms with E-state index in [1.54, 1.807) is 6.92 Å². The van der Waals surface area contributed by atoms with Crippen LogP contribution >= 0.6 is 0 Å². The summed E-state index contributed by atoms with van der Waals surface area (Å²) in [6.07, 6.45) is 0. The zero-order valence-corrected chi connectivity index (χ0v) is 9.23. The maximum atomic E-state index is 13.0. The second-order valence-corrected chi connectivity index (χ2v) is 3.12. The first kappa shape index (κ1) is 13.0. The number of carbonyl (C=O) groups is 2. The van der Waals surface area contributed by atoms with Gasteiger partial charge in [0.25, 0.3) is 0 Å². The summed E-state index contributed by atoms with van der Waals surface area (Å²) in [6, 6.07) is 3.50. The summed E-state index contributed by atoms with van der Waals surface area (Å²) in [4.78, 5) is 22.3. The number of nitrogen functional groups attached to an aromatic ring is 1. The first-order valence-electron chi connectivity index (χ1n) is 4.92. The molecule has 0 amide bonds. The van der Waals surface area contributed by atoms with Crippen LogP contribution in [0.1, 0.15) is 17.3 Å². The van der Waals surface area contributed by atoms with Crippen LogP contribution < -0.4 is 5.73 Å². The zero-order valence-electron chi connectivity index (χ0n) is 9.23. The fraction of sp³-hybridized carbons (Fsp3) is 0.273. The van der Waals surface area contributed by atoms with Crippen molar-refractivity contribution >= 4 is 17.6 Å². The van der Waals surface area contributed by atoms with Gasteiger partial charge >= 0.3 is 11.9 Å². The lowest BCUT2D eigenvalue weighted by Crippen LogP contribution is -2.16. The second-order valence-electron chi connectivity index (χ2n) is 3.12. The fourth-order valence-corrected chi connectivity index (χ4v) is 1.06. The van der Waals surface area contributed by atoms with Crippen LogP contribution in [0.3, 0.4) is 0 Å². The standard InChI is InChI=1S/C11H12FNO4/c1-2-16-10(14)6-17-11(15)7-3-4-9(13)8(12)5-7/h3-5H,2,6,13H2,1H3. The summed E-state index contributed by atoms with van der Waals surface area (Å²) in [5.41, 5.74) is 5.17. The summed E-state index contributed by atoms with van der Waals surface area (Å²) in [6.45, 7) is 1.33. The molecule has 0 saturated heterocycles. The van der Waals surface area contributed by atoms with Crippen LogP contribution in [0, 0.1) is 5.82 Å². The highest BCUT2D eigenvalue weighted by atomic mass is 19.1. The molecule has 0 spiro atoms. The van der Waals surface area contributed by atoms with Crippen LogP contribution in [0.4, 0.5) is 10.1 Å². The molecule has 0 radical (unpaired) electrons. The lowest BCUT2D eigenvalue weighted by atomic mass is 10.2. The van der Waals surface area contributed by atoms with E-state index < -0.39 is 24.4 Å². The third kappa shape index (κ3) is 3.75. The highest BCUT2D eigenvalue weighted by Crippen LogP contribution is 2.12. The molecule has 1 aromatic carbocycles. The Kier molecular flexibility index (Phi) is 4.45. The third-order valence-corrected chi connectivity index (χ3v) is 1.86. The minimum absolute atomic E-state index is 0.0130. The lowest BCUT2D eigenvalue weighted by molar-refractivity contribution is -0.146. The maximum Gasteiger partial charge on any atom is 0.344 e. The number of ether oxygens (including phenoxy) is 2. The number of anilines is 1. The smallest absolute Gasteiger partial charge is 0.344 e. The number of nitrogens with two attached hydrogens (primary N) is 1. The number of benzene rings is 1. The van der Waals surface area contributed by atoms with E-state index in [0.29, 0.717) is 0 Å². The molecule has 2 N–H and O–H groups in total. The molecule has 0 fully saturated rings. The molecule has 17 heavy (non-hydrogen) atoms. The second kappa shape index (κ2) is 5.83. The molecule has 1 aromatic rings. The molecule has 0 unspecified atom stereocenters. The van der Waals surface area contributed by atoms with Crippen molar-refractivity contribution in [3.8, 4) is 0 Å². The van der Waals surface area contributed by atoms with Crippen molar-refractivity contribution in [2.75, 3.05) is 18.9 Å². The Labute approximate surface area is 97.3 Å². The fourth-order valence-electron chi connectivity index (χ4n) is 1.06. The first-order chi connectivity index (χ1) is 8.04. The quantitative estimate of drug-likeness (QED) is 0.631. The number of rotatable bonds is 4. The summed E-state index contributed by atoms with van der Waals surface area (Å²) in [5, 5.41) is 0. The van der Waals surface area contributed by atoms with E-state index in [0.717, 1.165) is 6.07 Å². The number of esters is 2. The van der Waals surface area contributed by atoms with E-state index in [4.69, 9.17) is 5.73 Å². The van der Waals surface area contributed by atoms with E-state index in [1.807, 2.05) is 0 Å². The molecule has 0 aliphatic rings. The topological polar surface area (TPSA) is 78.6 Å². The van der Waals surface area contributed by atoms with E-state index in [1.165, 1.54) is 12.1 Å². The average Bonchev–Trinajstić information content (AvgIpc) is 2.30. The van der Waals surface area contributed by atoms with Crippen molar-refractivity contribution in [2.45, 2.75) is 6.92 Å². The molecule has 5 nitrogen and oxygen atoms in total. The molecule has 0 heterocycles. The van der Waals surface area contributed by atoms with Crippen LogP contribution in [-0.4, -0.2) is 25.2 Å². The van der Waals surface area contributed by atoms with Crippen molar-refractivity contribution in [3.05, 3.63) is 29.6 Å². The zero-order chi connectivity index (χ0) is 12.8. The lowest BCUT2D eigenvalue weighted by Gasteiger charge is -2.05. The Morgan fingerprint density at radius 1 is 1.35 bits per heavy atom. The molecule has 1 rings (SSSR count). The third-order valence-electron chi connectivity index (χ3n) is 1.86. The molecular weight excluding hydrogens is 229 g/mol. The van der Waals surface area contributed by atoms with E-state index in [2.05, 4.69) is 9.47 Å². The van der Waals surface area contributed by atoms with E-state index >= 15 is 0 Å². The van der Waals surface area contributed by atoms with Crippen LogP contribution in [0.25, 0.3) is 0 Å². The summed E-state index contributed by atoms with van der Waals surface area (Å²) in [5.74, 6) is -2.18. The molecule has 0 aromatic heterocycles. The minimum atomic E-state index is -0.808. The van der Waals surface area contributed by atoms with Gasteiger partial charge in [-0.3, -0.25) is 0 Å². The maximum absolute atomic E-state index is 13.0. The van der Waals surface area contributed by atoms with Crippen molar-refractivity contribution < 1.29 is 23.5 Å². The number of halogens is 1. The van der Waals surface area contributed by atoms with E-state index in [-0.39, 0.29) is 17.9 Å². The number of hydrogen-bond donors (Lipinski definition) is 1. The van der Waals surface area contributed by atoms with Gasteiger partial charge in [0.15, 0.2) is 6.61 Å². The Morgan fingerprint density at radius 3 is 2.65 bits per heavy atom. The molecular formula is C11H12FNO4. The number of hydrogen-bond acceptors (Lipinski definition) is 5. The predicted molar refractivity (Wildman–Crippen MR) is 57.7 cm³/mol. The summed E-state index contributed by atoms with van der Waals surface area (Å²) < 4.78 is 22.2. The van der Waals surface area contributed by atoms with E-state index in [9.17, 15) is 14.0 Å². The van der Waals surface area contributed by atoms with Gasteiger partial charge < -0.3 is 15.2 Å². The van der Waals surface area contributed by atoms with Crippen molar-refractivity contribution in [2.24, 2.45) is 0 Å². The molecule has 0 saturated carbocycles. The normalized spacial score (nSPS) is 9.76. The highest BCUT2D eigenvalue weighted by Gasteiger charge is 2.12. The van der Waals surface area contributed by atoms with Crippen LogP contribution in [0.5, 0.6) is 0 Å². The van der Waals surface area contributed by atoms with Gasteiger partial charge in [0.1, 0.15) is 5.82 Å². The summed E-state index contributed by atoms with van der Waals surface area (Å²) in [7, 11) is 0. The molecule has 6 heteroatoms. The molecule has 0 atom stereocenters. The Balaban J connectivity index is 2.58. The highest BCUT2D eigenvalue weighted by molar-refractivity contribution is 5.91. The first-order valence-corrected chi connectivity index (χ1v) is 4.92. The predicted octanol–water partition coefficient (Wildman–Crippen LogP) is 1.13. The van der Waals surface area contributed by atoms with Crippen LogP contribution in [0.15, 0.2) is 18.2 Å². The van der Waals surface area contributed by atoms with Crippen LogP contribution in [0.2, 0.25) is 0 Å². The van der Waals surface area contributed by atoms with Crippen molar-refractivity contribution in [1.82, 2.24) is 0 Å². The van der Waals surface area contributed by atoms with Crippen molar-refractivity contribution in [3.63, 3.8) is 0 Å². The molecule has 0 aliphatic carbocycles. The van der Waals surface area contributed by atoms with Crippen molar-refractivity contribution in [1.29, 1.82) is 0 Å². The minimum Gasteiger partial charge on any atom is -0.463 e. The Bertz CT molecular complexity index is 433. The Morgan fingerprint density at radius 2 is 2.06 bits per heavy atom. The SMILES string of the molecule is CCOC(=O)COC(=O)c1ccc(N)c(F)c1. The Hall–Kier alpha value is -2.11. The molecule has 0 bridgehead atoms. The molecule has 0 aliphatic heterocycles. The van der Waals surface area contributed by atoms with Gasteiger partial charge in [0, 0.05) is 0 Å². The monoisotopic (exact) mass is 241 g/mol.